The standard InChI is InChI=1S/C15H19BrFN3/c1-9(2)18-8-12-7-13(17)5-6-14(12)20-11(4)15(16)10(3)19-20/h5-7,9,18H,8H2,1-4H3. The number of nitrogens with zero attached hydrogens (tertiary/aromatic N) is 2. The van der Waals surface area contributed by atoms with Crippen LogP contribution in [0.4, 0.5) is 4.39 Å². The van der Waals surface area contributed by atoms with Crippen molar-refractivity contribution in [1.82, 2.24) is 15.1 Å². The maximum atomic E-state index is 13.5. The van der Waals surface area contributed by atoms with Gasteiger partial charge in [-0.05, 0) is 53.5 Å². The fourth-order valence-corrected chi connectivity index (χ4v) is 2.32. The second-order valence-electron chi connectivity index (χ2n) is 5.21. The summed E-state index contributed by atoms with van der Waals surface area (Å²) in [6.45, 7) is 8.69. The zero-order valence-electron chi connectivity index (χ0n) is 12.2. The Morgan fingerprint density at radius 2 is 2.05 bits per heavy atom. The van der Waals surface area contributed by atoms with Gasteiger partial charge in [-0.1, -0.05) is 13.8 Å². The summed E-state index contributed by atoms with van der Waals surface area (Å²) in [7, 11) is 0. The molecule has 5 heteroatoms. The Balaban J connectivity index is 2.47. The van der Waals surface area contributed by atoms with E-state index >= 15 is 0 Å². The number of hydrogen-bond donors (Lipinski definition) is 1. The number of halogens is 2. The third-order valence-electron chi connectivity index (χ3n) is 3.17. The zero-order chi connectivity index (χ0) is 14.9. The van der Waals surface area contributed by atoms with Gasteiger partial charge in [-0.25, -0.2) is 9.07 Å². The second kappa shape index (κ2) is 6.06. The molecule has 0 atom stereocenters. The van der Waals surface area contributed by atoms with Gasteiger partial charge in [0.25, 0.3) is 0 Å². The van der Waals surface area contributed by atoms with Crippen LogP contribution in [0.15, 0.2) is 22.7 Å². The second-order valence-corrected chi connectivity index (χ2v) is 6.00. The summed E-state index contributed by atoms with van der Waals surface area (Å²) < 4.78 is 16.4. The van der Waals surface area contributed by atoms with Gasteiger partial charge in [0, 0.05) is 12.6 Å². The van der Waals surface area contributed by atoms with Crippen LogP contribution in [0.5, 0.6) is 0 Å². The lowest BCUT2D eigenvalue weighted by atomic mass is 10.1. The van der Waals surface area contributed by atoms with Crippen LogP contribution < -0.4 is 5.32 Å². The summed E-state index contributed by atoms with van der Waals surface area (Å²) in [6.07, 6.45) is 0. The molecule has 2 aromatic rings. The van der Waals surface area contributed by atoms with Crippen LogP contribution in [0.25, 0.3) is 5.69 Å². The monoisotopic (exact) mass is 339 g/mol. The molecule has 0 aliphatic rings. The highest BCUT2D eigenvalue weighted by Gasteiger charge is 2.14. The van der Waals surface area contributed by atoms with Crippen molar-refractivity contribution < 1.29 is 4.39 Å². The lowest BCUT2D eigenvalue weighted by molar-refractivity contribution is 0.578. The molecule has 0 aliphatic carbocycles. The van der Waals surface area contributed by atoms with Gasteiger partial charge in [-0.2, -0.15) is 5.10 Å². The fraction of sp³-hybridized carbons (Fsp3) is 0.400. The topological polar surface area (TPSA) is 29.9 Å². The van der Waals surface area contributed by atoms with Gasteiger partial charge in [0.2, 0.25) is 0 Å². The molecular weight excluding hydrogens is 321 g/mol. The minimum atomic E-state index is -0.227. The van der Waals surface area contributed by atoms with Gasteiger partial charge in [0.05, 0.1) is 21.5 Å². The molecule has 108 valence electrons. The highest BCUT2D eigenvalue weighted by molar-refractivity contribution is 9.10. The number of nitrogens with one attached hydrogen (secondary N) is 1. The Morgan fingerprint density at radius 3 is 2.60 bits per heavy atom. The van der Waals surface area contributed by atoms with Crippen LogP contribution in [-0.2, 0) is 6.54 Å². The molecule has 0 saturated carbocycles. The van der Waals surface area contributed by atoms with Crippen molar-refractivity contribution >= 4 is 15.9 Å². The first-order valence-electron chi connectivity index (χ1n) is 6.64. The van der Waals surface area contributed by atoms with Gasteiger partial charge < -0.3 is 5.32 Å². The molecule has 20 heavy (non-hydrogen) atoms. The van der Waals surface area contributed by atoms with E-state index in [1.807, 2.05) is 18.5 Å². The van der Waals surface area contributed by atoms with Crippen molar-refractivity contribution in [3.8, 4) is 5.69 Å². The number of aryl methyl sites for hydroxylation is 1. The average molecular weight is 340 g/mol. The first-order chi connectivity index (χ1) is 9.40. The molecule has 0 amide bonds. The predicted molar refractivity (Wildman–Crippen MR) is 82.7 cm³/mol. The van der Waals surface area contributed by atoms with Crippen LogP contribution in [-0.4, -0.2) is 15.8 Å². The highest BCUT2D eigenvalue weighted by atomic mass is 79.9. The summed E-state index contributed by atoms with van der Waals surface area (Å²) >= 11 is 3.53. The predicted octanol–water partition coefficient (Wildman–Crippen LogP) is 3.89. The van der Waals surface area contributed by atoms with E-state index in [4.69, 9.17) is 0 Å². The van der Waals surface area contributed by atoms with Gasteiger partial charge in [-0.3, -0.25) is 0 Å². The van der Waals surface area contributed by atoms with E-state index in [1.54, 1.807) is 12.1 Å². The molecule has 1 N–H and O–H groups in total. The van der Waals surface area contributed by atoms with Gasteiger partial charge in [-0.15, -0.1) is 0 Å². The molecule has 1 aromatic carbocycles. The summed E-state index contributed by atoms with van der Waals surface area (Å²) in [5.41, 5.74) is 3.75. The summed E-state index contributed by atoms with van der Waals surface area (Å²) in [5.74, 6) is -0.227. The molecule has 0 saturated heterocycles. The van der Waals surface area contributed by atoms with E-state index in [0.717, 1.165) is 27.1 Å². The molecule has 0 spiro atoms. The van der Waals surface area contributed by atoms with E-state index < -0.39 is 0 Å². The van der Waals surface area contributed by atoms with Gasteiger partial charge in [0.1, 0.15) is 5.82 Å². The molecular formula is C15H19BrFN3. The summed E-state index contributed by atoms with van der Waals surface area (Å²) in [4.78, 5) is 0. The summed E-state index contributed by atoms with van der Waals surface area (Å²) in [5, 5.41) is 7.84. The van der Waals surface area contributed by atoms with Crippen LogP contribution in [0, 0.1) is 19.7 Å². The zero-order valence-corrected chi connectivity index (χ0v) is 13.8. The Hall–Kier alpha value is -1.20. The first-order valence-corrected chi connectivity index (χ1v) is 7.43. The van der Waals surface area contributed by atoms with Crippen molar-refractivity contribution in [3.05, 3.63) is 45.4 Å². The number of aromatic nitrogens is 2. The molecule has 0 radical (unpaired) electrons. The average Bonchev–Trinajstić information content (AvgIpc) is 2.64. The van der Waals surface area contributed by atoms with Gasteiger partial charge in [0.15, 0.2) is 0 Å². The molecule has 0 bridgehead atoms. The highest BCUT2D eigenvalue weighted by Crippen LogP contribution is 2.25. The fourth-order valence-electron chi connectivity index (χ4n) is 2.07. The van der Waals surface area contributed by atoms with Crippen LogP contribution in [0.3, 0.4) is 0 Å². The van der Waals surface area contributed by atoms with E-state index in [9.17, 15) is 4.39 Å². The Labute approximate surface area is 127 Å². The number of hydrogen-bond acceptors (Lipinski definition) is 2. The van der Waals surface area contributed by atoms with Gasteiger partial charge >= 0.3 is 0 Å². The van der Waals surface area contributed by atoms with Crippen molar-refractivity contribution in [2.24, 2.45) is 0 Å². The third-order valence-corrected chi connectivity index (χ3v) is 4.32. The number of rotatable bonds is 4. The van der Waals surface area contributed by atoms with E-state index in [0.29, 0.717) is 12.6 Å². The molecule has 0 fully saturated rings. The van der Waals surface area contributed by atoms with E-state index in [1.165, 1.54) is 6.07 Å². The SMILES string of the molecule is Cc1nn(-c2ccc(F)cc2CNC(C)C)c(C)c1Br. The Morgan fingerprint density at radius 1 is 1.35 bits per heavy atom. The normalized spacial score (nSPS) is 11.3. The van der Waals surface area contributed by atoms with Crippen LogP contribution in [0.2, 0.25) is 0 Å². The maximum absolute atomic E-state index is 13.5. The molecule has 0 aliphatic heterocycles. The minimum Gasteiger partial charge on any atom is -0.310 e. The van der Waals surface area contributed by atoms with Crippen LogP contribution >= 0.6 is 15.9 Å². The van der Waals surface area contributed by atoms with Crippen molar-refractivity contribution in [2.45, 2.75) is 40.3 Å². The first kappa shape index (κ1) is 15.2. The Bertz CT molecular complexity index is 620. The molecule has 3 nitrogen and oxygen atoms in total. The van der Waals surface area contributed by atoms with E-state index in [-0.39, 0.29) is 5.82 Å². The minimum absolute atomic E-state index is 0.227. The lowest BCUT2D eigenvalue weighted by Gasteiger charge is -2.14. The van der Waals surface area contributed by atoms with E-state index in [2.05, 4.69) is 40.2 Å². The molecule has 0 unspecified atom stereocenters. The molecule has 2 rings (SSSR count). The molecule has 1 heterocycles. The van der Waals surface area contributed by atoms with Crippen LogP contribution in [0.1, 0.15) is 30.8 Å². The lowest BCUT2D eigenvalue weighted by Crippen LogP contribution is -2.23. The largest absolute Gasteiger partial charge is 0.310 e. The third kappa shape index (κ3) is 3.10. The van der Waals surface area contributed by atoms with Crippen molar-refractivity contribution in [3.63, 3.8) is 0 Å². The summed E-state index contributed by atoms with van der Waals surface area (Å²) in [6, 6.07) is 5.16. The maximum Gasteiger partial charge on any atom is 0.123 e. The molecule has 1 aromatic heterocycles. The number of benzene rings is 1. The van der Waals surface area contributed by atoms with Crippen molar-refractivity contribution in [1.29, 1.82) is 0 Å². The quantitative estimate of drug-likeness (QED) is 0.915. The van der Waals surface area contributed by atoms with Crippen molar-refractivity contribution in [2.75, 3.05) is 0 Å². The Kier molecular flexibility index (Phi) is 4.60. The smallest absolute Gasteiger partial charge is 0.123 e.